The van der Waals surface area contributed by atoms with Crippen molar-refractivity contribution in [3.8, 4) is 0 Å². The van der Waals surface area contributed by atoms with Crippen molar-refractivity contribution in [2.24, 2.45) is 11.8 Å². The molecule has 0 atom stereocenters. The molecule has 0 radical (unpaired) electrons. The molecule has 2 N–H and O–H groups in total. The van der Waals surface area contributed by atoms with E-state index in [0.29, 0.717) is 12.8 Å². The van der Waals surface area contributed by atoms with E-state index in [4.69, 9.17) is 5.11 Å². The molecule has 1 aromatic carbocycles. The lowest BCUT2D eigenvalue weighted by Gasteiger charge is -2.42. The van der Waals surface area contributed by atoms with Gasteiger partial charge in [-0.2, -0.15) is 0 Å². The summed E-state index contributed by atoms with van der Waals surface area (Å²) < 4.78 is 13.1. The average molecular weight is 347 g/mol. The molecule has 4 nitrogen and oxygen atoms in total. The highest BCUT2D eigenvalue weighted by Gasteiger charge is 2.40. The van der Waals surface area contributed by atoms with E-state index in [9.17, 15) is 14.0 Å². The molecule has 2 aliphatic rings. The summed E-state index contributed by atoms with van der Waals surface area (Å²) in [6.45, 7) is 0. The minimum absolute atomic E-state index is 0.0589. The van der Waals surface area contributed by atoms with E-state index < -0.39 is 5.97 Å². The van der Waals surface area contributed by atoms with Gasteiger partial charge in [0.15, 0.2) is 0 Å². The Hall–Kier alpha value is -1.91. The summed E-state index contributed by atoms with van der Waals surface area (Å²) in [4.78, 5) is 23.4. The summed E-state index contributed by atoms with van der Waals surface area (Å²) >= 11 is 0. The van der Waals surface area contributed by atoms with Crippen molar-refractivity contribution in [3.05, 3.63) is 35.6 Å². The summed E-state index contributed by atoms with van der Waals surface area (Å²) in [6.07, 6.45) is 7.49. The second-order valence-electron chi connectivity index (χ2n) is 7.77. The molecule has 5 heteroatoms. The fourth-order valence-electron chi connectivity index (χ4n) is 4.29. The van der Waals surface area contributed by atoms with Crippen molar-refractivity contribution >= 4 is 11.9 Å². The number of nitrogens with one attached hydrogen (secondary N) is 1. The van der Waals surface area contributed by atoms with Gasteiger partial charge in [0.2, 0.25) is 5.91 Å². The largest absolute Gasteiger partial charge is 0.481 e. The van der Waals surface area contributed by atoms with E-state index in [1.165, 1.54) is 18.6 Å². The van der Waals surface area contributed by atoms with Gasteiger partial charge in [0.25, 0.3) is 0 Å². The van der Waals surface area contributed by atoms with Crippen LogP contribution in [0, 0.1) is 17.7 Å². The predicted molar refractivity (Wildman–Crippen MR) is 92.5 cm³/mol. The van der Waals surface area contributed by atoms with Crippen molar-refractivity contribution in [1.29, 1.82) is 0 Å². The molecule has 25 heavy (non-hydrogen) atoms. The van der Waals surface area contributed by atoms with Crippen LogP contribution in [0.5, 0.6) is 0 Å². The van der Waals surface area contributed by atoms with Gasteiger partial charge in [-0.3, -0.25) is 9.59 Å². The lowest BCUT2D eigenvalue weighted by molar-refractivity contribution is -0.141. The van der Waals surface area contributed by atoms with E-state index >= 15 is 0 Å². The van der Waals surface area contributed by atoms with Crippen molar-refractivity contribution in [3.63, 3.8) is 0 Å². The molecule has 136 valence electrons. The van der Waals surface area contributed by atoms with Crippen molar-refractivity contribution < 1.29 is 19.1 Å². The smallest absolute Gasteiger partial charge is 0.303 e. The predicted octanol–water partition coefficient (Wildman–Crippen LogP) is 3.69. The first-order valence-corrected chi connectivity index (χ1v) is 9.24. The molecule has 2 fully saturated rings. The number of halogens is 1. The fraction of sp³-hybridized carbons (Fsp3) is 0.600. The zero-order valence-corrected chi connectivity index (χ0v) is 14.5. The van der Waals surface area contributed by atoms with Crippen molar-refractivity contribution in [2.75, 3.05) is 0 Å². The van der Waals surface area contributed by atoms with Gasteiger partial charge >= 0.3 is 5.97 Å². The molecule has 0 saturated heterocycles. The van der Waals surface area contributed by atoms with Gasteiger partial charge in [0, 0.05) is 17.9 Å². The Morgan fingerprint density at radius 3 is 2.36 bits per heavy atom. The number of benzene rings is 1. The van der Waals surface area contributed by atoms with Crippen LogP contribution in [0.2, 0.25) is 0 Å². The molecule has 1 aromatic rings. The van der Waals surface area contributed by atoms with E-state index in [1.807, 2.05) is 0 Å². The molecule has 0 bridgehead atoms. The highest BCUT2D eigenvalue weighted by atomic mass is 19.1. The molecule has 1 amide bonds. The SMILES string of the molecule is O=C(O)CC1CC(C(=O)NC2(Cc3ccc(F)cc3)CCCCC2)C1. The maximum Gasteiger partial charge on any atom is 0.303 e. The van der Waals surface area contributed by atoms with Crippen LogP contribution in [0.25, 0.3) is 0 Å². The standard InChI is InChI=1S/C20H26FNO3/c21-17-6-4-14(5-7-17)13-20(8-2-1-3-9-20)22-19(25)16-10-15(11-16)12-18(23)24/h4-7,15-16H,1-3,8-13H2,(H,22,25)(H,23,24). The molecule has 0 aliphatic heterocycles. The van der Waals surface area contributed by atoms with Gasteiger partial charge in [-0.15, -0.1) is 0 Å². The highest BCUT2D eigenvalue weighted by Crippen LogP contribution is 2.38. The fourth-order valence-corrected chi connectivity index (χ4v) is 4.29. The van der Waals surface area contributed by atoms with Gasteiger partial charge in [-0.25, -0.2) is 4.39 Å². The molecule has 2 saturated carbocycles. The minimum atomic E-state index is -0.788. The average Bonchev–Trinajstić information content (AvgIpc) is 2.53. The number of hydrogen-bond acceptors (Lipinski definition) is 2. The van der Waals surface area contributed by atoms with Gasteiger partial charge in [-0.05, 0) is 55.7 Å². The van der Waals surface area contributed by atoms with Crippen LogP contribution in [-0.2, 0) is 16.0 Å². The van der Waals surface area contributed by atoms with Crippen LogP contribution in [-0.4, -0.2) is 22.5 Å². The summed E-state index contributed by atoms with van der Waals surface area (Å²) in [5, 5.41) is 12.1. The third-order valence-corrected chi connectivity index (χ3v) is 5.72. The number of carbonyl (C=O) groups excluding carboxylic acids is 1. The number of hydrogen-bond donors (Lipinski definition) is 2. The lowest BCUT2D eigenvalue weighted by atomic mass is 9.71. The number of carbonyl (C=O) groups is 2. The van der Waals surface area contributed by atoms with Crippen LogP contribution in [0.15, 0.2) is 24.3 Å². The Labute approximate surface area is 147 Å². The molecule has 0 unspecified atom stereocenters. The Morgan fingerprint density at radius 2 is 1.76 bits per heavy atom. The zero-order valence-electron chi connectivity index (χ0n) is 14.5. The van der Waals surface area contributed by atoms with E-state index in [1.54, 1.807) is 12.1 Å². The third kappa shape index (κ3) is 4.59. The summed E-state index contributed by atoms with van der Waals surface area (Å²) in [5.74, 6) is -0.900. The van der Waals surface area contributed by atoms with Gasteiger partial charge < -0.3 is 10.4 Å². The van der Waals surface area contributed by atoms with Gasteiger partial charge in [-0.1, -0.05) is 31.4 Å². The quantitative estimate of drug-likeness (QED) is 0.825. The molecule has 3 rings (SSSR count). The molecular weight excluding hydrogens is 321 g/mol. The van der Waals surface area contributed by atoms with Crippen LogP contribution in [0.3, 0.4) is 0 Å². The van der Waals surface area contributed by atoms with Crippen LogP contribution < -0.4 is 5.32 Å². The highest BCUT2D eigenvalue weighted by molar-refractivity contribution is 5.80. The molecular formula is C20H26FNO3. The third-order valence-electron chi connectivity index (χ3n) is 5.72. The van der Waals surface area contributed by atoms with E-state index in [2.05, 4.69) is 5.32 Å². The first kappa shape index (κ1) is 17.9. The molecule has 0 aromatic heterocycles. The topological polar surface area (TPSA) is 66.4 Å². The van der Waals surface area contributed by atoms with Crippen LogP contribution >= 0.6 is 0 Å². The minimum Gasteiger partial charge on any atom is -0.481 e. The Bertz CT molecular complexity index is 616. The normalized spacial score (nSPS) is 25.0. The Morgan fingerprint density at radius 1 is 1.12 bits per heavy atom. The second-order valence-corrected chi connectivity index (χ2v) is 7.77. The lowest BCUT2D eigenvalue weighted by Crippen LogP contribution is -2.54. The first-order valence-electron chi connectivity index (χ1n) is 9.24. The van der Waals surface area contributed by atoms with Gasteiger partial charge in [0.05, 0.1) is 0 Å². The maximum atomic E-state index is 13.1. The second kappa shape index (κ2) is 7.54. The van der Waals surface area contributed by atoms with E-state index in [-0.39, 0.29) is 35.5 Å². The number of carboxylic acid groups (broad SMARTS) is 1. The van der Waals surface area contributed by atoms with E-state index in [0.717, 1.165) is 37.7 Å². The summed E-state index contributed by atoms with van der Waals surface area (Å²) in [7, 11) is 0. The molecule has 0 spiro atoms. The summed E-state index contributed by atoms with van der Waals surface area (Å²) in [6, 6.07) is 6.53. The van der Waals surface area contributed by atoms with Crippen molar-refractivity contribution in [2.45, 2.75) is 63.3 Å². The number of carboxylic acids is 1. The number of amides is 1. The first-order chi connectivity index (χ1) is 12.0. The van der Waals surface area contributed by atoms with Gasteiger partial charge in [0.1, 0.15) is 5.82 Å². The Kier molecular flexibility index (Phi) is 5.40. The maximum absolute atomic E-state index is 13.1. The number of aliphatic carboxylic acids is 1. The van der Waals surface area contributed by atoms with Crippen LogP contribution in [0.1, 0.15) is 56.9 Å². The molecule has 2 aliphatic carbocycles. The molecule has 0 heterocycles. The van der Waals surface area contributed by atoms with Crippen molar-refractivity contribution in [1.82, 2.24) is 5.32 Å². The van der Waals surface area contributed by atoms with Crippen LogP contribution in [0.4, 0.5) is 4.39 Å². The Balaban J connectivity index is 1.61. The number of rotatable bonds is 6. The summed E-state index contributed by atoms with van der Waals surface area (Å²) in [5.41, 5.74) is 0.798. The zero-order chi connectivity index (χ0) is 17.9. The monoisotopic (exact) mass is 347 g/mol.